The van der Waals surface area contributed by atoms with Gasteiger partial charge in [0.05, 0.1) is 100 Å². The molecular formula is C72H42N12. The molecule has 0 amide bonds. The molecule has 12 heteroatoms. The molecule has 0 saturated carbocycles. The molecule has 7 aromatic carbocycles. The maximum atomic E-state index is 4.85. The SMILES string of the molecule is c1ccc2c(c1)c1ccccc1n2-c1c(-n2c3ccccc3c3ccccc32)c(-n2c3ccncc3c3cnccc32)c(-n2c3ccncc3c3cnccc32)c(-n2c3ccncc3c3cnccc32)c1-n1c2ccccc2c2ccccc21. The van der Waals surface area contributed by atoms with Gasteiger partial charge < -0.3 is 27.4 Å². The fourth-order valence-electron chi connectivity index (χ4n) is 14.3. The van der Waals surface area contributed by atoms with Gasteiger partial charge in [-0.2, -0.15) is 0 Å². The van der Waals surface area contributed by atoms with E-state index in [2.05, 4.69) is 209 Å². The Kier molecular flexibility index (Phi) is 9.05. The first-order chi connectivity index (χ1) is 41.8. The van der Waals surface area contributed by atoms with Gasteiger partial charge in [0.25, 0.3) is 0 Å². The molecule has 19 aromatic rings. The van der Waals surface area contributed by atoms with Crippen LogP contribution in [0.2, 0.25) is 0 Å². The molecule has 12 nitrogen and oxygen atoms in total. The Labute approximate surface area is 476 Å². The minimum Gasteiger partial charge on any atom is -0.305 e. The number of benzene rings is 7. The maximum absolute atomic E-state index is 4.85. The molecule has 0 spiro atoms. The lowest BCUT2D eigenvalue weighted by Gasteiger charge is -2.32. The molecule has 0 atom stereocenters. The summed E-state index contributed by atoms with van der Waals surface area (Å²) in [5.74, 6) is 0. The van der Waals surface area contributed by atoms with Crippen LogP contribution in [-0.4, -0.2) is 57.3 Å². The number of rotatable bonds is 6. The molecule has 0 aliphatic heterocycles. The van der Waals surface area contributed by atoms with E-state index in [1.54, 1.807) is 0 Å². The van der Waals surface area contributed by atoms with Gasteiger partial charge in [-0.1, -0.05) is 109 Å². The van der Waals surface area contributed by atoms with Gasteiger partial charge in [-0.15, -0.1) is 0 Å². The Bertz CT molecular complexity index is 4730. The second-order valence-corrected chi connectivity index (χ2v) is 21.6. The molecular weight excluding hydrogens is 1030 g/mol. The number of pyridine rings is 6. The standard InChI is InChI=1S/C72H42N12/c1-7-19-55-43(13-1)44-14-2-8-20-56(44)79(55)67-68(80-57-21-9-3-15-45(57)46-16-4-10-22-58(46)80)70(82-61-25-31-73-37-49(61)50-38-74-32-26-62(50)82)72(84-65-29-35-77-41-53(65)54-42-78-36-30-66(54)84)71(83-63-27-33-75-39-51(63)52-40-76-34-28-64(52)83)69(67)81-59-23-11-5-17-47(59)48-18-6-12-24-60(48)81/h1-42H. The van der Waals surface area contributed by atoms with Crippen molar-refractivity contribution in [2.24, 2.45) is 0 Å². The first kappa shape index (κ1) is 45.0. The highest BCUT2D eigenvalue weighted by molar-refractivity contribution is 6.19. The van der Waals surface area contributed by atoms with Gasteiger partial charge in [0.15, 0.2) is 0 Å². The smallest absolute Gasteiger partial charge is 0.0992 e. The van der Waals surface area contributed by atoms with Crippen molar-refractivity contribution in [1.29, 1.82) is 0 Å². The normalized spacial score (nSPS) is 12.3. The van der Waals surface area contributed by atoms with Crippen LogP contribution in [0.15, 0.2) is 256 Å². The monoisotopic (exact) mass is 1070 g/mol. The van der Waals surface area contributed by atoms with Crippen molar-refractivity contribution in [1.82, 2.24) is 57.3 Å². The van der Waals surface area contributed by atoms with Crippen LogP contribution in [-0.2, 0) is 0 Å². The second kappa shape index (κ2) is 16.9. The number of para-hydroxylation sites is 6. The van der Waals surface area contributed by atoms with E-state index in [0.29, 0.717) is 0 Å². The third-order valence-corrected chi connectivity index (χ3v) is 17.5. The van der Waals surface area contributed by atoms with Gasteiger partial charge in [-0.05, 0) is 72.8 Å². The molecule has 19 rings (SSSR count). The molecule has 390 valence electrons. The summed E-state index contributed by atoms with van der Waals surface area (Å²) >= 11 is 0. The molecule has 0 unspecified atom stereocenters. The second-order valence-electron chi connectivity index (χ2n) is 21.6. The average Bonchev–Trinajstić information content (AvgIpc) is 1.51. The van der Waals surface area contributed by atoms with Crippen LogP contribution < -0.4 is 0 Å². The van der Waals surface area contributed by atoms with Crippen LogP contribution >= 0.6 is 0 Å². The lowest BCUT2D eigenvalue weighted by atomic mass is 10.0. The lowest BCUT2D eigenvalue weighted by molar-refractivity contribution is 0.969. The third kappa shape index (κ3) is 5.83. The van der Waals surface area contributed by atoms with Gasteiger partial charge >= 0.3 is 0 Å². The first-order valence-electron chi connectivity index (χ1n) is 28.1. The largest absolute Gasteiger partial charge is 0.305 e. The molecule has 12 heterocycles. The van der Waals surface area contributed by atoms with Crippen molar-refractivity contribution >= 4 is 131 Å². The van der Waals surface area contributed by atoms with Crippen LogP contribution in [0.1, 0.15) is 0 Å². The van der Waals surface area contributed by atoms with E-state index in [1.807, 2.05) is 74.4 Å². The van der Waals surface area contributed by atoms with E-state index < -0.39 is 0 Å². The summed E-state index contributed by atoms with van der Waals surface area (Å²) in [5.41, 5.74) is 17.5. The summed E-state index contributed by atoms with van der Waals surface area (Å²) in [6, 6.07) is 66.3. The Hall–Kier alpha value is -11.8. The average molecular weight is 1080 g/mol. The number of hydrogen-bond donors (Lipinski definition) is 0. The van der Waals surface area contributed by atoms with Crippen molar-refractivity contribution in [2.45, 2.75) is 0 Å². The van der Waals surface area contributed by atoms with Gasteiger partial charge in [-0.25, -0.2) is 0 Å². The van der Waals surface area contributed by atoms with Gasteiger partial charge in [0, 0.05) is 139 Å². The molecule has 0 saturated heterocycles. The van der Waals surface area contributed by atoms with E-state index in [-0.39, 0.29) is 0 Å². The van der Waals surface area contributed by atoms with E-state index in [4.69, 9.17) is 29.9 Å². The van der Waals surface area contributed by atoms with E-state index >= 15 is 0 Å². The predicted octanol–water partition coefficient (Wildman–Crippen LogP) is 16.6. The molecule has 0 radical (unpaired) electrons. The highest BCUT2D eigenvalue weighted by Crippen LogP contribution is 2.54. The summed E-state index contributed by atoms with van der Waals surface area (Å²) in [7, 11) is 0. The van der Waals surface area contributed by atoms with Gasteiger partial charge in [0.1, 0.15) is 0 Å². The van der Waals surface area contributed by atoms with E-state index in [1.165, 1.54) is 0 Å². The third-order valence-electron chi connectivity index (χ3n) is 17.5. The number of fused-ring (bicyclic) bond motifs is 18. The van der Waals surface area contributed by atoms with Crippen LogP contribution in [0.4, 0.5) is 0 Å². The topological polar surface area (TPSA) is 107 Å². The van der Waals surface area contributed by atoms with Crippen LogP contribution in [0.25, 0.3) is 165 Å². The van der Waals surface area contributed by atoms with Crippen molar-refractivity contribution in [3.63, 3.8) is 0 Å². The Balaban J connectivity index is 1.25. The van der Waals surface area contributed by atoms with E-state index in [9.17, 15) is 0 Å². The fraction of sp³-hybridized carbons (Fsp3) is 0. The summed E-state index contributed by atoms with van der Waals surface area (Å²) in [5, 5.41) is 12.6. The zero-order chi connectivity index (χ0) is 54.7. The van der Waals surface area contributed by atoms with Crippen LogP contribution in [0.3, 0.4) is 0 Å². The molecule has 84 heavy (non-hydrogen) atoms. The minimum absolute atomic E-state index is 0.894. The Morgan fingerprint density at radius 3 is 0.464 bits per heavy atom. The molecule has 0 aliphatic carbocycles. The molecule has 0 bridgehead atoms. The molecule has 12 aromatic heterocycles. The lowest BCUT2D eigenvalue weighted by Crippen LogP contribution is -2.20. The quantitative estimate of drug-likeness (QED) is 0.164. The van der Waals surface area contributed by atoms with E-state index in [0.717, 1.165) is 165 Å². The predicted molar refractivity (Wildman–Crippen MR) is 339 cm³/mol. The summed E-state index contributed by atoms with van der Waals surface area (Å²) in [6.45, 7) is 0. The zero-order valence-corrected chi connectivity index (χ0v) is 44.6. The molecule has 0 N–H and O–H groups in total. The minimum atomic E-state index is 0.894. The Morgan fingerprint density at radius 1 is 0.155 bits per heavy atom. The highest BCUT2D eigenvalue weighted by atomic mass is 15.2. The number of nitrogens with zero attached hydrogens (tertiary/aromatic N) is 12. The van der Waals surface area contributed by atoms with Crippen LogP contribution in [0.5, 0.6) is 0 Å². The van der Waals surface area contributed by atoms with Crippen molar-refractivity contribution < 1.29 is 0 Å². The molecule has 0 aliphatic rings. The van der Waals surface area contributed by atoms with Crippen molar-refractivity contribution in [3.05, 3.63) is 256 Å². The zero-order valence-electron chi connectivity index (χ0n) is 44.6. The number of hydrogen-bond acceptors (Lipinski definition) is 6. The summed E-state index contributed by atoms with van der Waals surface area (Å²) in [6.07, 6.45) is 23.4. The highest BCUT2D eigenvalue weighted by Gasteiger charge is 2.38. The van der Waals surface area contributed by atoms with Gasteiger partial charge in [-0.3, -0.25) is 29.9 Å². The van der Waals surface area contributed by atoms with Crippen LogP contribution in [0, 0.1) is 0 Å². The first-order valence-corrected chi connectivity index (χ1v) is 28.1. The fourth-order valence-corrected chi connectivity index (χ4v) is 14.3. The Morgan fingerprint density at radius 2 is 0.298 bits per heavy atom. The van der Waals surface area contributed by atoms with Crippen molar-refractivity contribution in [3.8, 4) is 34.1 Å². The molecule has 0 fully saturated rings. The summed E-state index contributed by atoms with van der Waals surface area (Å²) in [4.78, 5) is 29.1. The van der Waals surface area contributed by atoms with Gasteiger partial charge in [0.2, 0.25) is 0 Å². The number of aromatic nitrogens is 12. The maximum Gasteiger partial charge on any atom is 0.0992 e. The summed E-state index contributed by atoms with van der Waals surface area (Å²) < 4.78 is 15.2. The van der Waals surface area contributed by atoms with Crippen molar-refractivity contribution in [2.75, 3.05) is 0 Å².